The Balaban J connectivity index is 1.32. The lowest BCUT2D eigenvalue weighted by atomic mass is 9.75. The minimum Gasteiger partial charge on any atom is -0.497 e. The number of aromatic nitrogens is 3. The molecule has 0 bridgehead atoms. The molecule has 1 aliphatic heterocycles. The maximum absolute atomic E-state index is 12.8. The second-order valence-electron chi connectivity index (χ2n) is 10.3. The van der Waals surface area contributed by atoms with Gasteiger partial charge in [0, 0.05) is 11.2 Å². The van der Waals surface area contributed by atoms with Crippen LogP contribution in [0.5, 0.6) is 5.75 Å². The smallest absolute Gasteiger partial charge is 0.350 e. The number of rotatable bonds is 8. The molecule has 5 rings (SSSR count). The van der Waals surface area contributed by atoms with Gasteiger partial charge in [-0.1, -0.05) is 56.6 Å². The summed E-state index contributed by atoms with van der Waals surface area (Å²) in [5.41, 5.74) is 3.39. The number of pyridine rings is 1. The summed E-state index contributed by atoms with van der Waals surface area (Å²) in [7, 11) is 1.66. The number of hydrogen-bond acceptors (Lipinski definition) is 5. The number of benzene rings is 2. The first kappa shape index (κ1) is 26.5. The fraction of sp³-hybridized carbons (Fsp3) is 0.400. The number of fused-ring (bicyclic) bond motifs is 1. The molecule has 1 saturated heterocycles. The third kappa shape index (κ3) is 5.37. The number of ether oxygens (including phenoxy) is 3. The third-order valence-corrected chi connectivity index (χ3v) is 8.33. The molecule has 4 aromatic rings. The van der Waals surface area contributed by atoms with Gasteiger partial charge in [-0.15, -0.1) is 5.10 Å². The van der Waals surface area contributed by atoms with Crippen LogP contribution in [0.2, 0.25) is 5.02 Å². The van der Waals surface area contributed by atoms with Gasteiger partial charge in [0.25, 0.3) is 0 Å². The summed E-state index contributed by atoms with van der Waals surface area (Å²) in [6.07, 6.45) is 1.57. The van der Waals surface area contributed by atoms with Gasteiger partial charge in [-0.25, -0.2) is 9.48 Å². The van der Waals surface area contributed by atoms with Crippen LogP contribution in [0, 0.1) is 17.8 Å². The minimum absolute atomic E-state index is 0.0374. The molecule has 8 heteroatoms. The maximum atomic E-state index is 12.8. The molecule has 0 saturated carbocycles. The van der Waals surface area contributed by atoms with E-state index in [0.29, 0.717) is 41.6 Å². The van der Waals surface area contributed by atoms with Crippen molar-refractivity contribution in [3.63, 3.8) is 0 Å². The second-order valence-corrected chi connectivity index (χ2v) is 10.7. The lowest BCUT2D eigenvalue weighted by Crippen LogP contribution is -2.42. The zero-order chi connectivity index (χ0) is 26.8. The highest BCUT2D eigenvalue weighted by molar-refractivity contribution is 6.31. The second kappa shape index (κ2) is 11.3. The number of halogens is 1. The van der Waals surface area contributed by atoms with Crippen LogP contribution < -0.4 is 10.4 Å². The normalized spacial score (nSPS) is 23.6. The lowest BCUT2D eigenvalue weighted by molar-refractivity contribution is -0.159. The van der Waals surface area contributed by atoms with Crippen LogP contribution in [0.15, 0.2) is 71.7 Å². The topological polar surface area (TPSA) is 67.0 Å². The highest BCUT2D eigenvalue weighted by atomic mass is 35.5. The van der Waals surface area contributed by atoms with Crippen molar-refractivity contribution in [1.29, 1.82) is 0 Å². The molecule has 0 N–H and O–H groups in total. The summed E-state index contributed by atoms with van der Waals surface area (Å²) in [5.74, 6) is 1.91. The Kier molecular flexibility index (Phi) is 7.88. The first-order valence-corrected chi connectivity index (χ1v) is 13.4. The van der Waals surface area contributed by atoms with Crippen LogP contribution in [-0.2, 0) is 22.6 Å². The van der Waals surface area contributed by atoms with E-state index in [1.165, 1.54) is 9.08 Å². The van der Waals surface area contributed by atoms with Gasteiger partial charge < -0.3 is 14.2 Å². The predicted octanol–water partition coefficient (Wildman–Crippen LogP) is 5.77. The standard InChI is InChI=1S/C30H34ClN3O4/c1-19-20(2)27(18-37-17-22-8-11-25(36-4)12-9-22)38-29(21(19)3)23-10-13-26(31)24(15-23)16-34-30(35)33-14-6-5-7-28(33)32-34/h5-15,19-21,27,29H,16-18H2,1-4H3/t19-,20-,21?,27?,29+/m0/s1. The quantitative estimate of drug-likeness (QED) is 0.286. The summed E-state index contributed by atoms with van der Waals surface area (Å²) in [6.45, 7) is 8.08. The predicted molar refractivity (Wildman–Crippen MR) is 148 cm³/mol. The van der Waals surface area contributed by atoms with Crippen LogP contribution >= 0.6 is 11.6 Å². The van der Waals surface area contributed by atoms with Gasteiger partial charge in [0.2, 0.25) is 0 Å². The molecule has 0 amide bonds. The molecule has 7 nitrogen and oxygen atoms in total. The van der Waals surface area contributed by atoms with Gasteiger partial charge in [0.05, 0.1) is 39.1 Å². The van der Waals surface area contributed by atoms with Crippen LogP contribution in [0.1, 0.15) is 43.6 Å². The number of nitrogens with zero attached hydrogens (tertiary/aromatic N) is 3. The van der Waals surface area contributed by atoms with Crippen molar-refractivity contribution in [3.05, 3.63) is 99.1 Å². The van der Waals surface area contributed by atoms with E-state index in [1.54, 1.807) is 13.3 Å². The van der Waals surface area contributed by atoms with Crippen molar-refractivity contribution >= 4 is 17.2 Å². The SMILES string of the molecule is COc1ccc(COCC2O[C@@H](c3ccc(Cl)c(Cn4nc5ccccn5c4=O)c3)C(C)[C@@H](C)[C@@H]2C)cc1. The van der Waals surface area contributed by atoms with E-state index in [4.69, 9.17) is 25.8 Å². The van der Waals surface area contributed by atoms with Gasteiger partial charge in [-0.05, 0) is 70.8 Å². The molecule has 3 heterocycles. The molecule has 2 unspecified atom stereocenters. The molecule has 38 heavy (non-hydrogen) atoms. The summed E-state index contributed by atoms with van der Waals surface area (Å²) >= 11 is 6.58. The first-order chi connectivity index (χ1) is 18.4. The largest absolute Gasteiger partial charge is 0.497 e. The zero-order valence-electron chi connectivity index (χ0n) is 22.2. The first-order valence-electron chi connectivity index (χ1n) is 13.0. The monoisotopic (exact) mass is 535 g/mol. The Bertz CT molecular complexity index is 1450. The van der Waals surface area contributed by atoms with Crippen LogP contribution in [0.3, 0.4) is 0 Å². The van der Waals surface area contributed by atoms with Crippen LogP contribution in [-0.4, -0.2) is 34.0 Å². The molecular weight excluding hydrogens is 502 g/mol. The van der Waals surface area contributed by atoms with Gasteiger partial charge >= 0.3 is 5.69 Å². The van der Waals surface area contributed by atoms with Crippen molar-refractivity contribution in [2.24, 2.45) is 17.8 Å². The highest BCUT2D eigenvalue weighted by Crippen LogP contribution is 2.43. The van der Waals surface area contributed by atoms with Crippen molar-refractivity contribution in [1.82, 2.24) is 14.2 Å². The van der Waals surface area contributed by atoms with E-state index < -0.39 is 0 Å². The van der Waals surface area contributed by atoms with E-state index in [2.05, 4.69) is 31.9 Å². The average molecular weight is 536 g/mol. The van der Waals surface area contributed by atoms with Gasteiger partial charge in [0.15, 0.2) is 5.65 Å². The molecule has 0 aliphatic carbocycles. The molecule has 200 valence electrons. The average Bonchev–Trinajstić information content (AvgIpc) is 3.25. The molecule has 5 atom stereocenters. The van der Waals surface area contributed by atoms with Gasteiger partial charge in [0.1, 0.15) is 5.75 Å². The van der Waals surface area contributed by atoms with E-state index in [9.17, 15) is 4.79 Å². The Morgan fingerprint density at radius 3 is 2.53 bits per heavy atom. The van der Waals surface area contributed by atoms with Gasteiger partial charge in [-0.3, -0.25) is 4.40 Å². The van der Waals surface area contributed by atoms with Crippen molar-refractivity contribution < 1.29 is 14.2 Å². The fourth-order valence-corrected chi connectivity index (χ4v) is 5.42. The Hall–Kier alpha value is -3.13. The Labute approximate surface area is 227 Å². The van der Waals surface area contributed by atoms with E-state index in [1.807, 2.05) is 54.6 Å². The van der Waals surface area contributed by atoms with Gasteiger partial charge in [-0.2, -0.15) is 0 Å². The van der Waals surface area contributed by atoms with E-state index in [-0.39, 0.29) is 24.4 Å². The number of hydrogen-bond donors (Lipinski definition) is 0. The molecule has 0 radical (unpaired) electrons. The molecule has 0 spiro atoms. The summed E-state index contributed by atoms with van der Waals surface area (Å²) in [4.78, 5) is 12.8. The molecule has 2 aromatic carbocycles. The zero-order valence-corrected chi connectivity index (χ0v) is 23.0. The lowest BCUT2D eigenvalue weighted by Gasteiger charge is -2.44. The third-order valence-electron chi connectivity index (χ3n) is 7.96. The minimum atomic E-state index is -0.194. The van der Waals surface area contributed by atoms with Crippen molar-refractivity contribution in [3.8, 4) is 5.75 Å². The van der Waals surface area contributed by atoms with Crippen molar-refractivity contribution in [2.75, 3.05) is 13.7 Å². The van der Waals surface area contributed by atoms with E-state index in [0.717, 1.165) is 22.4 Å². The Morgan fingerprint density at radius 1 is 1.00 bits per heavy atom. The molecular formula is C30H34ClN3O4. The molecule has 1 fully saturated rings. The Morgan fingerprint density at radius 2 is 1.79 bits per heavy atom. The number of methoxy groups -OCH3 is 1. The van der Waals surface area contributed by atoms with Crippen LogP contribution in [0.25, 0.3) is 5.65 Å². The van der Waals surface area contributed by atoms with Crippen molar-refractivity contribution in [2.45, 2.75) is 46.1 Å². The van der Waals surface area contributed by atoms with Crippen LogP contribution in [0.4, 0.5) is 0 Å². The van der Waals surface area contributed by atoms with E-state index >= 15 is 0 Å². The molecule has 2 aromatic heterocycles. The summed E-state index contributed by atoms with van der Waals surface area (Å²) < 4.78 is 21.0. The highest BCUT2D eigenvalue weighted by Gasteiger charge is 2.39. The molecule has 1 aliphatic rings. The summed E-state index contributed by atoms with van der Waals surface area (Å²) in [5, 5.41) is 5.06. The maximum Gasteiger partial charge on any atom is 0.350 e. The summed E-state index contributed by atoms with van der Waals surface area (Å²) in [6, 6.07) is 19.4. The fourth-order valence-electron chi connectivity index (χ4n) is 5.24.